The molecule has 1 aliphatic rings. The number of likely N-dealkylation sites (tertiary alicyclic amines) is 1. The van der Waals surface area contributed by atoms with Crippen molar-refractivity contribution in [3.63, 3.8) is 0 Å². The van der Waals surface area contributed by atoms with Crippen LogP contribution in [0, 0.1) is 0 Å². The molecule has 3 aromatic rings. The molecule has 0 spiro atoms. The summed E-state index contributed by atoms with van der Waals surface area (Å²) in [5, 5.41) is 16.1. The standard InChI is InChI=1S/C30H36N6O6/c31-21(12-13-26(32)37)27(38)34-23(15-18-7-2-1-3-8-18)29(40)36-14-6-11-25(36)28(39)35-24(30(41)42)16-19-17-33-22-10-5-4-9-20(19)22/h1-5,7-10,17,21,23-25,33H,6,11-16,31H2,(H2,32,37)(H,34,38)(H,35,39)(H,41,42). The summed E-state index contributed by atoms with van der Waals surface area (Å²) >= 11 is 0. The zero-order chi connectivity index (χ0) is 30.2. The maximum Gasteiger partial charge on any atom is 0.326 e. The molecule has 2 aromatic carbocycles. The van der Waals surface area contributed by atoms with Crippen LogP contribution in [-0.4, -0.2) is 75.3 Å². The maximum atomic E-state index is 13.8. The lowest BCUT2D eigenvalue weighted by atomic mass is 10.0. The molecule has 2 heterocycles. The van der Waals surface area contributed by atoms with Gasteiger partial charge in [-0.05, 0) is 36.5 Å². The van der Waals surface area contributed by atoms with Gasteiger partial charge in [-0.1, -0.05) is 48.5 Å². The van der Waals surface area contributed by atoms with Gasteiger partial charge in [-0.15, -0.1) is 0 Å². The first-order valence-corrected chi connectivity index (χ1v) is 13.9. The average molecular weight is 577 g/mol. The minimum atomic E-state index is -1.21. The number of fused-ring (bicyclic) bond motifs is 1. The van der Waals surface area contributed by atoms with E-state index in [-0.39, 0.29) is 32.2 Å². The second-order valence-electron chi connectivity index (χ2n) is 10.5. The zero-order valence-corrected chi connectivity index (χ0v) is 23.1. The molecule has 42 heavy (non-hydrogen) atoms. The molecule has 222 valence electrons. The number of hydrogen-bond acceptors (Lipinski definition) is 6. The number of carboxylic acid groups (broad SMARTS) is 1. The first-order valence-electron chi connectivity index (χ1n) is 13.9. The van der Waals surface area contributed by atoms with Crippen molar-refractivity contribution in [1.82, 2.24) is 20.5 Å². The van der Waals surface area contributed by atoms with Crippen molar-refractivity contribution in [3.05, 3.63) is 71.9 Å². The highest BCUT2D eigenvalue weighted by atomic mass is 16.4. The number of para-hydroxylation sites is 1. The molecule has 12 heteroatoms. The predicted octanol–water partition coefficient (Wildman–Crippen LogP) is 0.591. The Bertz CT molecular complexity index is 1440. The van der Waals surface area contributed by atoms with E-state index in [0.717, 1.165) is 22.0 Å². The Balaban J connectivity index is 1.48. The van der Waals surface area contributed by atoms with Gasteiger partial charge in [0, 0.05) is 42.9 Å². The van der Waals surface area contributed by atoms with Gasteiger partial charge in [0.15, 0.2) is 0 Å². The monoisotopic (exact) mass is 576 g/mol. The number of aromatic amines is 1. The van der Waals surface area contributed by atoms with Crippen molar-refractivity contribution < 1.29 is 29.1 Å². The van der Waals surface area contributed by atoms with E-state index in [9.17, 15) is 29.1 Å². The van der Waals surface area contributed by atoms with E-state index in [1.807, 2.05) is 54.6 Å². The summed E-state index contributed by atoms with van der Waals surface area (Å²) in [7, 11) is 0. The average Bonchev–Trinajstić information content (AvgIpc) is 3.63. The molecule has 1 aliphatic heterocycles. The Morgan fingerprint density at radius 2 is 1.69 bits per heavy atom. The van der Waals surface area contributed by atoms with E-state index in [2.05, 4.69) is 15.6 Å². The number of nitrogens with one attached hydrogen (secondary N) is 3. The molecule has 8 N–H and O–H groups in total. The first kappa shape index (κ1) is 30.3. The molecule has 12 nitrogen and oxygen atoms in total. The number of rotatable bonds is 13. The number of carbonyl (C=O) groups is 5. The molecule has 4 atom stereocenters. The Morgan fingerprint density at radius 1 is 0.976 bits per heavy atom. The molecule has 4 unspecified atom stereocenters. The summed E-state index contributed by atoms with van der Waals surface area (Å²) in [6, 6.07) is 12.4. The molecule has 0 radical (unpaired) electrons. The van der Waals surface area contributed by atoms with E-state index in [1.165, 1.54) is 4.90 Å². The fourth-order valence-electron chi connectivity index (χ4n) is 5.25. The normalized spacial score (nSPS) is 16.9. The second-order valence-corrected chi connectivity index (χ2v) is 10.5. The van der Waals surface area contributed by atoms with Crippen molar-refractivity contribution in [2.75, 3.05) is 6.54 Å². The lowest BCUT2D eigenvalue weighted by Crippen LogP contribution is -2.57. The molecular formula is C30H36N6O6. The van der Waals surface area contributed by atoms with Crippen molar-refractivity contribution in [2.24, 2.45) is 11.5 Å². The molecule has 1 fully saturated rings. The number of aliphatic carboxylic acids is 1. The van der Waals surface area contributed by atoms with Crippen LogP contribution in [0.1, 0.15) is 36.8 Å². The predicted molar refractivity (Wildman–Crippen MR) is 155 cm³/mol. The minimum absolute atomic E-state index is 0.0230. The zero-order valence-electron chi connectivity index (χ0n) is 23.1. The van der Waals surface area contributed by atoms with Crippen LogP contribution in [-0.2, 0) is 36.8 Å². The van der Waals surface area contributed by atoms with Gasteiger partial charge in [0.25, 0.3) is 0 Å². The molecule has 0 aliphatic carbocycles. The van der Waals surface area contributed by atoms with Crippen LogP contribution in [0.4, 0.5) is 0 Å². The highest BCUT2D eigenvalue weighted by Crippen LogP contribution is 2.22. The Kier molecular flexibility index (Phi) is 9.92. The van der Waals surface area contributed by atoms with Crippen LogP contribution < -0.4 is 22.1 Å². The number of carbonyl (C=O) groups excluding carboxylic acids is 4. The van der Waals surface area contributed by atoms with Gasteiger partial charge in [-0.3, -0.25) is 19.2 Å². The Hall–Kier alpha value is -4.71. The lowest BCUT2D eigenvalue weighted by molar-refractivity contribution is -0.145. The molecule has 0 bridgehead atoms. The highest BCUT2D eigenvalue weighted by molar-refractivity contribution is 5.95. The number of amides is 4. The van der Waals surface area contributed by atoms with Gasteiger partial charge in [0.2, 0.25) is 23.6 Å². The lowest BCUT2D eigenvalue weighted by Gasteiger charge is -2.30. The molecule has 0 saturated carbocycles. The van der Waals surface area contributed by atoms with Crippen LogP contribution >= 0.6 is 0 Å². The minimum Gasteiger partial charge on any atom is -0.480 e. The van der Waals surface area contributed by atoms with E-state index in [1.54, 1.807) is 6.20 Å². The molecular weight excluding hydrogens is 540 g/mol. The van der Waals surface area contributed by atoms with Gasteiger partial charge < -0.3 is 37.1 Å². The van der Waals surface area contributed by atoms with Crippen molar-refractivity contribution in [1.29, 1.82) is 0 Å². The Morgan fingerprint density at radius 3 is 2.40 bits per heavy atom. The van der Waals surface area contributed by atoms with E-state index in [0.29, 0.717) is 12.8 Å². The van der Waals surface area contributed by atoms with Crippen LogP contribution in [0.5, 0.6) is 0 Å². The fourth-order valence-corrected chi connectivity index (χ4v) is 5.25. The number of carboxylic acids is 1. The third kappa shape index (κ3) is 7.52. The van der Waals surface area contributed by atoms with Crippen molar-refractivity contribution >= 4 is 40.5 Å². The van der Waals surface area contributed by atoms with Gasteiger partial charge >= 0.3 is 5.97 Å². The van der Waals surface area contributed by atoms with Gasteiger partial charge in [-0.2, -0.15) is 0 Å². The van der Waals surface area contributed by atoms with E-state index < -0.39 is 53.8 Å². The number of H-pyrrole nitrogens is 1. The van der Waals surface area contributed by atoms with Gasteiger partial charge in [0.1, 0.15) is 18.1 Å². The van der Waals surface area contributed by atoms with Crippen molar-refractivity contribution in [2.45, 2.75) is 62.7 Å². The van der Waals surface area contributed by atoms with Crippen LogP contribution in [0.15, 0.2) is 60.8 Å². The third-order valence-electron chi connectivity index (χ3n) is 7.49. The third-order valence-corrected chi connectivity index (χ3v) is 7.49. The van der Waals surface area contributed by atoms with Crippen molar-refractivity contribution in [3.8, 4) is 0 Å². The van der Waals surface area contributed by atoms with Crippen LogP contribution in [0.3, 0.4) is 0 Å². The first-order chi connectivity index (χ1) is 20.1. The summed E-state index contributed by atoms with van der Waals surface area (Å²) in [5.41, 5.74) is 13.5. The number of nitrogens with zero attached hydrogens (tertiary/aromatic N) is 1. The number of hydrogen-bond donors (Lipinski definition) is 6. The van der Waals surface area contributed by atoms with Crippen LogP contribution in [0.2, 0.25) is 0 Å². The summed E-state index contributed by atoms with van der Waals surface area (Å²) in [4.78, 5) is 67.8. The quantitative estimate of drug-likeness (QED) is 0.171. The fraction of sp³-hybridized carbons (Fsp3) is 0.367. The second kappa shape index (κ2) is 13.8. The van der Waals surface area contributed by atoms with Gasteiger partial charge in [-0.25, -0.2) is 4.79 Å². The number of benzene rings is 2. The number of primary amides is 1. The molecule has 1 aromatic heterocycles. The highest BCUT2D eigenvalue weighted by Gasteiger charge is 2.39. The summed E-state index contributed by atoms with van der Waals surface area (Å²) in [6.45, 7) is 0.270. The summed E-state index contributed by atoms with van der Waals surface area (Å²) < 4.78 is 0. The van der Waals surface area contributed by atoms with Crippen LogP contribution in [0.25, 0.3) is 10.9 Å². The molecule has 4 amide bonds. The number of nitrogens with two attached hydrogens (primary N) is 2. The van der Waals surface area contributed by atoms with E-state index in [4.69, 9.17) is 11.5 Å². The Labute approximate surface area is 242 Å². The molecule has 1 saturated heterocycles. The number of aromatic nitrogens is 1. The van der Waals surface area contributed by atoms with E-state index >= 15 is 0 Å². The molecule has 4 rings (SSSR count). The summed E-state index contributed by atoms with van der Waals surface area (Å²) in [5.74, 6) is -3.45. The van der Waals surface area contributed by atoms with Gasteiger partial charge in [0.05, 0.1) is 6.04 Å². The summed E-state index contributed by atoms with van der Waals surface area (Å²) in [6.07, 6.45) is 2.76. The topological polar surface area (TPSA) is 201 Å². The smallest absolute Gasteiger partial charge is 0.326 e. The maximum absolute atomic E-state index is 13.8. The SMILES string of the molecule is NC(=O)CCC(N)C(=O)NC(Cc1ccccc1)C(=O)N1CCCC1C(=O)NC(Cc1c[nH]c2ccccc12)C(=O)O. The largest absolute Gasteiger partial charge is 0.480 e.